The molecule has 1 N–H and O–H groups in total. The van der Waals surface area contributed by atoms with E-state index in [-0.39, 0.29) is 12.0 Å². The van der Waals surface area contributed by atoms with Gasteiger partial charge in [-0.3, -0.25) is 9.69 Å². The Morgan fingerprint density at radius 2 is 1.79 bits per heavy atom. The summed E-state index contributed by atoms with van der Waals surface area (Å²) >= 11 is 6.38. The molecular formula is C24H30ClNO3. The monoisotopic (exact) mass is 415 g/mol. The molecular weight excluding hydrogens is 386 g/mol. The lowest BCUT2D eigenvalue weighted by Gasteiger charge is -2.44. The lowest BCUT2D eigenvalue weighted by molar-refractivity contribution is -0.155. The number of piperidine rings is 1. The third kappa shape index (κ3) is 4.82. The van der Waals surface area contributed by atoms with Gasteiger partial charge in [-0.1, -0.05) is 59.6 Å². The van der Waals surface area contributed by atoms with Crippen molar-refractivity contribution in [2.45, 2.75) is 51.2 Å². The van der Waals surface area contributed by atoms with Crippen molar-refractivity contribution in [3.8, 4) is 0 Å². The van der Waals surface area contributed by atoms with Gasteiger partial charge in [-0.15, -0.1) is 0 Å². The molecule has 2 aromatic rings. The van der Waals surface area contributed by atoms with Gasteiger partial charge in [-0.05, 0) is 50.8 Å². The van der Waals surface area contributed by atoms with Crippen LogP contribution in [0, 0.1) is 6.92 Å². The lowest BCUT2D eigenvalue weighted by Crippen LogP contribution is -2.50. The van der Waals surface area contributed by atoms with Crippen LogP contribution in [0.1, 0.15) is 55.3 Å². The minimum absolute atomic E-state index is 0.147. The maximum absolute atomic E-state index is 12.8. The fourth-order valence-electron chi connectivity index (χ4n) is 4.25. The van der Waals surface area contributed by atoms with E-state index in [1.54, 1.807) is 6.92 Å². The van der Waals surface area contributed by atoms with E-state index in [9.17, 15) is 9.90 Å². The Morgan fingerprint density at radius 1 is 1.17 bits per heavy atom. The fraction of sp³-hybridized carbons (Fsp3) is 0.458. The molecule has 2 atom stereocenters. The quantitative estimate of drug-likeness (QED) is 0.683. The number of esters is 1. The minimum Gasteiger partial charge on any atom is -0.465 e. The van der Waals surface area contributed by atoms with E-state index >= 15 is 0 Å². The smallest absolute Gasteiger partial charge is 0.316 e. The van der Waals surface area contributed by atoms with Crippen LogP contribution in [0.2, 0.25) is 5.02 Å². The number of likely N-dealkylation sites (tertiary alicyclic amines) is 1. The van der Waals surface area contributed by atoms with Gasteiger partial charge in [0.15, 0.2) is 0 Å². The largest absolute Gasteiger partial charge is 0.465 e. The number of aliphatic hydroxyl groups is 1. The number of hydrogen-bond donors (Lipinski definition) is 1. The first-order chi connectivity index (χ1) is 13.9. The highest BCUT2D eigenvalue weighted by Crippen LogP contribution is 2.40. The van der Waals surface area contributed by atoms with Crippen LogP contribution in [-0.2, 0) is 9.53 Å². The number of carbonyl (C=O) groups is 1. The molecule has 0 spiro atoms. The van der Waals surface area contributed by atoms with E-state index in [0.717, 1.165) is 21.7 Å². The molecule has 29 heavy (non-hydrogen) atoms. The molecule has 0 aliphatic carbocycles. The van der Waals surface area contributed by atoms with Gasteiger partial charge in [0, 0.05) is 24.2 Å². The third-order valence-corrected chi connectivity index (χ3v) is 6.38. The summed E-state index contributed by atoms with van der Waals surface area (Å²) in [6, 6.07) is 15.8. The molecule has 156 valence electrons. The first kappa shape index (κ1) is 21.8. The molecule has 1 heterocycles. The Hall–Kier alpha value is -1.88. The van der Waals surface area contributed by atoms with Gasteiger partial charge in [0.25, 0.3) is 0 Å². The summed E-state index contributed by atoms with van der Waals surface area (Å²) < 4.78 is 5.34. The fourth-order valence-corrected chi connectivity index (χ4v) is 4.54. The number of ether oxygens (including phenoxy) is 1. The Balaban J connectivity index is 1.79. The van der Waals surface area contributed by atoms with Crippen LogP contribution in [0.4, 0.5) is 0 Å². The minimum atomic E-state index is -1.13. The molecule has 3 rings (SSSR count). The van der Waals surface area contributed by atoms with Crippen molar-refractivity contribution >= 4 is 17.6 Å². The van der Waals surface area contributed by atoms with E-state index in [2.05, 4.69) is 11.8 Å². The van der Waals surface area contributed by atoms with Gasteiger partial charge < -0.3 is 9.84 Å². The maximum Gasteiger partial charge on any atom is 0.316 e. The Kier molecular flexibility index (Phi) is 6.99. The van der Waals surface area contributed by atoms with Crippen LogP contribution >= 0.6 is 11.6 Å². The van der Waals surface area contributed by atoms with Gasteiger partial charge in [0.1, 0.15) is 5.92 Å². The molecule has 1 aliphatic rings. The Morgan fingerprint density at radius 3 is 2.38 bits per heavy atom. The summed E-state index contributed by atoms with van der Waals surface area (Å²) in [5.74, 6) is -1.03. The highest BCUT2D eigenvalue weighted by Gasteiger charge is 2.46. The molecule has 1 saturated heterocycles. The van der Waals surface area contributed by atoms with Gasteiger partial charge in [0.05, 0.1) is 12.2 Å². The van der Waals surface area contributed by atoms with Gasteiger partial charge in [0.2, 0.25) is 0 Å². The first-order valence-corrected chi connectivity index (χ1v) is 10.7. The molecule has 1 fully saturated rings. The standard InChI is InChI=1S/C24H30ClNO3/c1-4-29-23(27)22(19-11-9-17(2)10-12-19)24(28)13-15-26(16-14-24)18(3)20-7-5-6-8-21(20)25/h5-12,18,22,28H,4,13-16H2,1-3H3. The van der Waals surface area contributed by atoms with E-state index in [4.69, 9.17) is 16.3 Å². The number of carbonyl (C=O) groups excluding carboxylic acids is 1. The number of halogens is 1. The Labute approximate surface area is 178 Å². The zero-order valence-electron chi connectivity index (χ0n) is 17.4. The SMILES string of the molecule is CCOC(=O)C(c1ccc(C)cc1)C1(O)CCN(C(C)c2ccccc2Cl)CC1. The zero-order chi connectivity index (χ0) is 21.0. The van der Waals surface area contributed by atoms with Crippen molar-refractivity contribution in [3.05, 3.63) is 70.2 Å². The van der Waals surface area contributed by atoms with E-state index in [0.29, 0.717) is 32.5 Å². The molecule has 1 aliphatic heterocycles. The highest BCUT2D eigenvalue weighted by atomic mass is 35.5. The van der Waals surface area contributed by atoms with Crippen LogP contribution < -0.4 is 0 Å². The normalized spacial score (nSPS) is 18.8. The molecule has 5 heteroatoms. The summed E-state index contributed by atoms with van der Waals surface area (Å²) in [5, 5.41) is 12.3. The van der Waals surface area contributed by atoms with E-state index < -0.39 is 11.5 Å². The Bertz CT molecular complexity index is 828. The van der Waals surface area contributed by atoms with Crippen molar-refractivity contribution in [1.82, 2.24) is 4.90 Å². The van der Waals surface area contributed by atoms with Crippen molar-refractivity contribution in [1.29, 1.82) is 0 Å². The van der Waals surface area contributed by atoms with E-state index in [1.165, 1.54) is 0 Å². The second-order valence-corrected chi connectivity index (χ2v) is 8.34. The summed E-state index contributed by atoms with van der Waals surface area (Å²) in [4.78, 5) is 15.1. The van der Waals surface area contributed by atoms with Gasteiger partial charge >= 0.3 is 5.97 Å². The van der Waals surface area contributed by atoms with Crippen molar-refractivity contribution < 1.29 is 14.6 Å². The third-order valence-electron chi connectivity index (χ3n) is 6.04. The summed E-state index contributed by atoms with van der Waals surface area (Å²) in [6.45, 7) is 7.60. The second kappa shape index (κ2) is 9.29. The van der Waals surface area contributed by atoms with Crippen molar-refractivity contribution in [3.63, 3.8) is 0 Å². The predicted molar refractivity (Wildman–Crippen MR) is 116 cm³/mol. The van der Waals surface area contributed by atoms with Crippen LogP contribution in [0.3, 0.4) is 0 Å². The number of aryl methyl sites for hydroxylation is 1. The maximum atomic E-state index is 12.8. The molecule has 2 aromatic carbocycles. The molecule has 0 amide bonds. The molecule has 0 bridgehead atoms. The topological polar surface area (TPSA) is 49.8 Å². The molecule has 0 saturated carbocycles. The summed E-state index contributed by atoms with van der Waals surface area (Å²) in [7, 11) is 0. The summed E-state index contributed by atoms with van der Waals surface area (Å²) in [6.07, 6.45) is 0.998. The highest BCUT2D eigenvalue weighted by molar-refractivity contribution is 6.31. The van der Waals surface area contributed by atoms with Crippen LogP contribution in [0.5, 0.6) is 0 Å². The van der Waals surface area contributed by atoms with Crippen molar-refractivity contribution in [2.75, 3.05) is 19.7 Å². The number of hydrogen-bond acceptors (Lipinski definition) is 4. The number of rotatable bonds is 6. The molecule has 0 radical (unpaired) electrons. The zero-order valence-corrected chi connectivity index (χ0v) is 18.2. The van der Waals surface area contributed by atoms with Gasteiger partial charge in [-0.2, -0.15) is 0 Å². The van der Waals surface area contributed by atoms with Gasteiger partial charge in [-0.25, -0.2) is 0 Å². The lowest BCUT2D eigenvalue weighted by atomic mass is 9.75. The van der Waals surface area contributed by atoms with E-state index in [1.807, 2.05) is 55.5 Å². The second-order valence-electron chi connectivity index (χ2n) is 7.93. The number of nitrogens with zero attached hydrogens (tertiary/aromatic N) is 1. The average molecular weight is 416 g/mol. The van der Waals surface area contributed by atoms with Crippen molar-refractivity contribution in [2.24, 2.45) is 0 Å². The molecule has 2 unspecified atom stereocenters. The average Bonchev–Trinajstić information content (AvgIpc) is 2.70. The van der Waals surface area contributed by atoms with Crippen LogP contribution in [-0.4, -0.2) is 41.3 Å². The predicted octanol–water partition coefficient (Wildman–Crippen LogP) is 4.88. The van der Waals surface area contributed by atoms with Crippen LogP contribution in [0.15, 0.2) is 48.5 Å². The van der Waals surface area contributed by atoms with Crippen LogP contribution in [0.25, 0.3) is 0 Å². The number of benzene rings is 2. The molecule has 0 aromatic heterocycles. The summed E-state index contributed by atoms with van der Waals surface area (Å²) in [5.41, 5.74) is 1.88. The first-order valence-electron chi connectivity index (χ1n) is 10.3. The molecule has 4 nitrogen and oxygen atoms in total.